The molecule has 0 bridgehead atoms. The maximum absolute atomic E-state index is 14.2. The zero-order valence-corrected chi connectivity index (χ0v) is 25.2. The van der Waals surface area contributed by atoms with Gasteiger partial charge in [-0.05, 0) is 64.2 Å². The van der Waals surface area contributed by atoms with Crippen LogP contribution in [0.15, 0.2) is 102 Å². The Bertz CT molecular complexity index is 2020. The summed E-state index contributed by atoms with van der Waals surface area (Å²) >= 11 is 0. The van der Waals surface area contributed by atoms with Crippen LogP contribution in [-0.4, -0.2) is 40.6 Å². The highest BCUT2D eigenvalue weighted by Gasteiger charge is 2.34. The van der Waals surface area contributed by atoms with E-state index in [2.05, 4.69) is 0 Å². The number of amides is 1. The molecular formula is C34H29F3N2O5S. The first-order valence-corrected chi connectivity index (χ1v) is 15.5. The van der Waals surface area contributed by atoms with Gasteiger partial charge >= 0.3 is 12.1 Å². The number of carboxylic acid groups (broad SMARTS) is 1. The average Bonchev–Trinajstić information content (AvgIpc) is 3.36. The molecule has 1 N–H and O–H groups in total. The zero-order valence-electron chi connectivity index (χ0n) is 24.4. The van der Waals surface area contributed by atoms with Crippen molar-refractivity contribution in [2.75, 3.05) is 5.75 Å². The standard InChI is InChI=1S/C34H29F3N2O5S/c1-22-10-13-25-6-3-4-9-29(25)32(22)33(42)39(20-27-16-17-30(38(27)2)34(35,36)37)19-23-11-14-24(15-12-23)26-7-5-8-28(18-26)45(43,44)21-31(40)41/h3-18H,19-21H2,1-2H3,(H,40,41). The summed E-state index contributed by atoms with van der Waals surface area (Å²) in [6, 6.07) is 26.5. The van der Waals surface area contributed by atoms with Gasteiger partial charge in [0.1, 0.15) is 5.69 Å². The molecule has 0 aliphatic rings. The minimum Gasteiger partial charge on any atom is -0.480 e. The van der Waals surface area contributed by atoms with Gasteiger partial charge in [-0.25, -0.2) is 8.42 Å². The van der Waals surface area contributed by atoms with E-state index in [1.807, 2.05) is 43.3 Å². The molecule has 0 spiro atoms. The Kier molecular flexibility index (Phi) is 8.57. The van der Waals surface area contributed by atoms with Crippen LogP contribution in [0.3, 0.4) is 0 Å². The van der Waals surface area contributed by atoms with Crippen molar-refractivity contribution in [1.29, 1.82) is 0 Å². The van der Waals surface area contributed by atoms with E-state index >= 15 is 0 Å². The van der Waals surface area contributed by atoms with Gasteiger partial charge in [-0.1, -0.05) is 72.8 Å². The number of alkyl halides is 3. The van der Waals surface area contributed by atoms with Crippen molar-refractivity contribution < 1.29 is 36.3 Å². The van der Waals surface area contributed by atoms with Crippen LogP contribution in [0.2, 0.25) is 0 Å². The van der Waals surface area contributed by atoms with Crippen LogP contribution in [0.5, 0.6) is 0 Å². The van der Waals surface area contributed by atoms with Crippen molar-refractivity contribution in [3.05, 3.63) is 125 Å². The highest BCUT2D eigenvalue weighted by atomic mass is 32.2. The summed E-state index contributed by atoms with van der Waals surface area (Å²) in [5.41, 5.74) is 2.61. The number of fused-ring (bicyclic) bond motifs is 1. The Hall–Kier alpha value is -4.90. The van der Waals surface area contributed by atoms with E-state index in [0.717, 1.165) is 27.0 Å². The lowest BCUT2D eigenvalue weighted by Crippen LogP contribution is -2.32. The molecule has 5 rings (SSSR count). The molecule has 0 aliphatic heterocycles. The van der Waals surface area contributed by atoms with E-state index in [4.69, 9.17) is 5.11 Å². The Labute approximate surface area is 258 Å². The van der Waals surface area contributed by atoms with Crippen molar-refractivity contribution in [2.45, 2.75) is 31.1 Å². The fourth-order valence-corrected chi connectivity index (χ4v) is 6.44. The lowest BCUT2D eigenvalue weighted by atomic mass is 9.98. The number of carbonyl (C=O) groups is 2. The summed E-state index contributed by atoms with van der Waals surface area (Å²) in [5.74, 6) is -2.81. The predicted molar refractivity (Wildman–Crippen MR) is 164 cm³/mol. The van der Waals surface area contributed by atoms with E-state index in [1.54, 1.807) is 30.3 Å². The van der Waals surface area contributed by atoms with Crippen molar-refractivity contribution in [2.24, 2.45) is 7.05 Å². The maximum Gasteiger partial charge on any atom is 0.431 e. The molecule has 0 aliphatic carbocycles. The molecule has 0 saturated carbocycles. The summed E-state index contributed by atoms with van der Waals surface area (Å²) in [6.07, 6.45) is -4.55. The van der Waals surface area contributed by atoms with Crippen LogP contribution < -0.4 is 0 Å². The van der Waals surface area contributed by atoms with Gasteiger partial charge in [-0.3, -0.25) is 9.59 Å². The summed E-state index contributed by atoms with van der Waals surface area (Å²) in [7, 11) is -2.70. The molecule has 0 fully saturated rings. The molecular weight excluding hydrogens is 605 g/mol. The van der Waals surface area contributed by atoms with Gasteiger partial charge in [0.05, 0.1) is 17.0 Å². The van der Waals surface area contributed by atoms with E-state index in [9.17, 15) is 31.2 Å². The minimum absolute atomic E-state index is 0.0840. The lowest BCUT2D eigenvalue weighted by Gasteiger charge is -2.25. The molecule has 0 radical (unpaired) electrons. The first-order valence-electron chi connectivity index (χ1n) is 13.9. The van der Waals surface area contributed by atoms with Gasteiger partial charge in [0.2, 0.25) is 0 Å². The van der Waals surface area contributed by atoms with Crippen LogP contribution >= 0.6 is 0 Å². The molecule has 1 aromatic heterocycles. The Balaban J connectivity index is 1.49. The summed E-state index contributed by atoms with van der Waals surface area (Å²) in [5, 5.41) is 10.6. The topological polar surface area (TPSA) is 96.7 Å². The molecule has 232 valence electrons. The van der Waals surface area contributed by atoms with Crippen molar-refractivity contribution >= 4 is 32.5 Å². The molecule has 1 heterocycles. The molecule has 0 unspecified atom stereocenters. The van der Waals surface area contributed by atoms with Gasteiger partial charge in [0, 0.05) is 19.3 Å². The summed E-state index contributed by atoms with van der Waals surface area (Å²) in [6.45, 7) is 1.82. The molecule has 1 amide bonds. The third-order valence-electron chi connectivity index (χ3n) is 7.67. The average molecular weight is 635 g/mol. The quantitative estimate of drug-likeness (QED) is 0.191. The predicted octanol–water partition coefficient (Wildman–Crippen LogP) is 6.87. The molecule has 5 aromatic rings. The van der Waals surface area contributed by atoms with Crippen LogP contribution in [0.4, 0.5) is 13.2 Å². The van der Waals surface area contributed by atoms with E-state index in [1.165, 1.54) is 36.2 Å². The van der Waals surface area contributed by atoms with E-state index in [-0.39, 0.29) is 23.9 Å². The number of sulfone groups is 1. The maximum atomic E-state index is 14.2. The lowest BCUT2D eigenvalue weighted by molar-refractivity contribution is -0.143. The highest BCUT2D eigenvalue weighted by molar-refractivity contribution is 7.92. The molecule has 0 saturated heterocycles. The van der Waals surface area contributed by atoms with Crippen LogP contribution in [0.25, 0.3) is 21.9 Å². The van der Waals surface area contributed by atoms with Crippen molar-refractivity contribution in [1.82, 2.24) is 9.47 Å². The largest absolute Gasteiger partial charge is 0.480 e. The smallest absolute Gasteiger partial charge is 0.431 e. The first kappa shape index (κ1) is 31.5. The van der Waals surface area contributed by atoms with Crippen molar-refractivity contribution in [3.8, 4) is 11.1 Å². The first-order chi connectivity index (χ1) is 21.2. The van der Waals surface area contributed by atoms with Gasteiger partial charge in [0.15, 0.2) is 15.6 Å². The second-order valence-corrected chi connectivity index (χ2v) is 12.8. The zero-order chi connectivity index (χ0) is 32.5. The molecule has 0 atom stereocenters. The SMILES string of the molecule is Cc1ccc2ccccc2c1C(=O)N(Cc1ccc(-c2cccc(S(=O)(=O)CC(=O)O)c2)cc1)Cc1ccc(C(F)(F)F)n1C. The molecule has 4 aromatic carbocycles. The van der Waals surface area contributed by atoms with Crippen LogP contribution in [-0.2, 0) is 40.9 Å². The van der Waals surface area contributed by atoms with Crippen molar-refractivity contribution in [3.63, 3.8) is 0 Å². The number of rotatable bonds is 9. The second kappa shape index (κ2) is 12.2. The highest BCUT2D eigenvalue weighted by Crippen LogP contribution is 2.32. The number of benzene rings is 4. The Morgan fingerprint density at radius 1 is 0.844 bits per heavy atom. The molecule has 7 nitrogen and oxygen atoms in total. The molecule has 45 heavy (non-hydrogen) atoms. The number of aliphatic carboxylic acids is 1. The summed E-state index contributed by atoms with van der Waals surface area (Å²) < 4.78 is 66.6. The monoisotopic (exact) mass is 634 g/mol. The second-order valence-electron chi connectivity index (χ2n) is 10.8. The number of carbonyl (C=O) groups excluding carboxylic acids is 1. The third kappa shape index (κ3) is 6.78. The Morgan fingerprint density at radius 2 is 1.56 bits per heavy atom. The van der Waals surface area contributed by atoms with Gasteiger partial charge in [0.25, 0.3) is 5.91 Å². The normalized spacial score (nSPS) is 11.9. The van der Waals surface area contributed by atoms with Gasteiger partial charge < -0.3 is 14.6 Å². The number of hydrogen-bond donors (Lipinski definition) is 1. The fourth-order valence-electron chi connectivity index (χ4n) is 5.35. The number of carboxylic acids is 1. The van der Waals surface area contributed by atoms with Gasteiger partial charge in [-0.15, -0.1) is 0 Å². The van der Waals surface area contributed by atoms with Crippen LogP contribution in [0, 0.1) is 6.92 Å². The Morgan fingerprint density at radius 3 is 2.22 bits per heavy atom. The third-order valence-corrected chi connectivity index (χ3v) is 9.27. The fraction of sp³-hybridized carbons (Fsp3) is 0.176. The van der Waals surface area contributed by atoms with Crippen LogP contribution in [0.1, 0.15) is 32.9 Å². The number of halogens is 3. The number of aryl methyl sites for hydroxylation is 1. The number of aromatic nitrogens is 1. The number of nitrogens with zero attached hydrogens (tertiary/aromatic N) is 2. The minimum atomic E-state index is -4.55. The summed E-state index contributed by atoms with van der Waals surface area (Å²) in [4.78, 5) is 26.6. The van der Waals surface area contributed by atoms with Gasteiger partial charge in [-0.2, -0.15) is 13.2 Å². The van der Waals surface area contributed by atoms with E-state index < -0.39 is 33.4 Å². The number of hydrogen-bond acceptors (Lipinski definition) is 4. The van der Waals surface area contributed by atoms with E-state index in [0.29, 0.717) is 27.9 Å². The molecule has 11 heteroatoms.